The standard InChI is InChI=1S/C11H17NO3/c1-7(13)9-3-5-10(6-4-9)12-11(15)8(2)14/h9-10H,3-6H2,1-2H3,(H,12,15). The molecule has 4 nitrogen and oxygen atoms in total. The van der Waals surface area contributed by atoms with Crippen LogP contribution in [0.3, 0.4) is 0 Å². The van der Waals surface area contributed by atoms with Gasteiger partial charge in [0.05, 0.1) is 0 Å². The average molecular weight is 211 g/mol. The summed E-state index contributed by atoms with van der Waals surface area (Å²) in [6.07, 6.45) is 3.23. The second-order valence-electron chi connectivity index (χ2n) is 4.19. The number of carbonyl (C=O) groups is 3. The number of hydrogen-bond donors (Lipinski definition) is 1. The fraction of sp³-hybridized carbons (Fsp3) is 0.727. The van der Waals surface area contributed by atoms with Gasteiger partial charge in [-0.3, -0.25) is 14.4 Å². The van der Waals surface area contributed by atoms with E-state index in [0.717, 1.165) is 25.7 Å². The molecule has 0 atom stereocenters. The highest BCUT2D eigenvalue weighted by molar-refractivity contribution is 6.35. The van der Waals surface area contributed by atoms with E-state index >= 15 is 0 Å². The van der Waals surface area contributed by atoms with Crippen LogP contribution in [0.1, 0.15) is 39.5 Å². The molecule has 0 unspecified atom stereocenters. The molecular formula is C11H17NO3. The summed E-state index contributed by atoms with van der Waals surface area (Å²) in [6.45, 7) is 2.87. The quantitative estimate of drug-likeness (QED) is 0.703. The van der Waals surface area contributed by atoms with E-state index in [9.17, 15) is 14.4 Å². The number of hydrogen-bond acceptors (Lipinski definition) is 3. The van der Waals surface area contributed by atoms with Crippen molar-refractivity contribution in [2.24, 2.45) is 5.92 Å². The maximum absolute atomic E-state index is 11.1. The topological polar surface area (TPSA) is 63.2 Å². The van der Waals surface area contributed by atoms with Crippen LogP contribution >= 0.6 is 0 Å². The molecule has 0 aromatic carbocycles. The van der Waals surface area contributed by atoms with Gasteiger partial charge in [-0.05, 0) is 32.6 Å². The zero-order chi connectivity index (χ0) is 11.4. The van der Waals surface area contributed by atoms with Crippen LogP contribution in [0.5, 0.6) is 0 Å². The Hall–Kier alpha value is -1.19. The lowest BCUT2D eigenvalue weighted by molar-refractivity contribution is -0.137. The van der Waals surface area contributed by atoms with Crippen molar-refractivity contribution in [3.05, 3.63) is 0 Å². The number of amides is 1. The molecule has 0 aromatic heterocycles. The molecule has 0 aromatic rings. The molecule has 1 N–H and O–H groups in total. The minimum Gasteiger partial charge on any atom is -0.347 e. The molecule has 84 valence electrons. The molecule has 1 saturated carbocycles. The first-order valence-corrected chi connectivity index (χ1v) is 5.32. The molecular weight excluding hydrogens is 194 g/mol. The summed E-state index contributed by atoms with van der Waals surface area (Å²) in [5.74, 6) is -0.591. The Bertz CT molecular complexity index is 278. The van der Waals surface area contributed by atoms with Crippen molar-refractivity contribution in [3.8, 4) is 0 Å². The second-order valence-corrected chi connectivity index (χ2v) is 4.19. The predicted molar refractivity (Wildman–Crippen MR) is 55.3 cm³/mol. The highest BCUT2D eigenvalue weighted by Crippen LogP contribution is 2.24. The van der Waals surface area contributed by atoms with Crippen molar-refractivity contribution in [2.45, 2.75) is 45.6 Å². The zero-order valence-electron chi connectivity index (χ0n) is 9.21. The Balaban J connectivity index is 2.35. The predicted octanol–water partition coefficient (Wildman–Crippen LogP) is 0.839. The molecule has 15 heavy (non-hydrogen) atoms. The average Bonchev–Trinajstić information content (AvgIpc) is 2.18. The maximum atomic E-state index is 11.1. The Morgan fingerprint density at radius 1 is 1.00 bits per heavy atom. The minimum atomic E-state index is -0.513. The van der Waals surface area contributed by atoms with Crippen molar-refractivity contribution >= 4 is 17.5 Å². The van der Waals surface area contributed by atoms with Crippen LogP contribution in [0.25, 0.3) is 0 Å². The van der Waals surface area contributed by atoms with Crippen LogP contribution in [0, 0.1) is 5.92 Å². The van der Waals surface area contributed by atoms with Gasteiger partial charge < -0.3 is 5.32 Å². The lowest BCUT2D eigenvalue weighted by atomic mass is 9.84. The summed E-state index contributed by atoms with van der Waals surface area (Å²) >= 11 is 0. The van der Waals surface area contributed by atoms with Crippen molar-refractivity contribution in [1.29, 1.82) is 0 Å². The first kappa shape index (κ1) is 11.9. The number of nitrogens with one attached hydrogen (secondary N) is 1. The summed E-state index contributed by atoms with van der Waals surface area (Å²) < 4.78 is 0. The van der Waals surface area contributed by atoms with Crippen LogP contribution in [-0.4, -0.2) is 23.5 Å². The van der Waals surface area contributed by atoms with Gasteiger partial charge in [0.25, 0.3) is 5.91 Å². The third-order valence-corrected chi connectivity index (χ3v) is 2.96. The summed E-state index contributed by atoms with van der Waals surface area (Å²) in [4.78, 5) is 32.9. The summed E-state index contributed by atoms with van der Waals surface area (Å²) in [6, 6.07) is 0.0667. The molecule has 1 rings (SSSR count). The monoisotopic (exact) mass is 211 g/mol. The van der Waals surface area contributed by atoms with Gasteiger partial charge in [-0.2, -0.15) is 0 Å². The van der Waals surface area contributed by atoms with E-state index in [1.165, 1.54) is 6.92 Å². The molecule has 1 fully saturated rings. The summed E-state index contributed by atoms with van der Waals surface area (Å²) in [5, 5.41) is 2.68. The van der Waals surface area contributed by atoms with Gasteiger partial charge in [0.1, 0.15) is 5.78 Å². The zero-order valence-corrected chi connectivity index (χ0v) is 9.21. The molecule has 4 heteroatoms. The highest BCUT2D eigenvalue weighted by atomic mass is 16.2. The fourth-order valence-corrected chi connectivity index (χ4v) is 1.93. The van der Waals surface area contributed by atoms with Crippen molar-refractivity contribution in [2.75, 3.05) is 0 Å². The third-order valence-electron chi connectivity index (χ3n) is 2.96. The van der Waals surface area contributed by atoms with Crippen LogP contribution < -0.4 is 5.32 Å². The van der Waals surface area contributed by atoms with Gasteiger partial charge in [-0.1, -0.05) is 0 Å². The van der Waals surface area contributed by atoms with Crippen LogP contribution in [0.4, 0.5) is 0 Å². The first-order valence-electron chi connectivity index (χ1n) is 5.32. The van der Waals surface area contributed by atoms with Crippen molar-refractivity contribution in [1.82, 2.24) is 5.32 Å². The van der Waals surface area contributed by atoms with E-state index in [4.69, 9.17) is 0 Å². The maximum Gasteiger partial charge on any atom is 0.287 e. The van der Waals surface area contributed by atoms with Gasteiger partial charge in [-0.25, -0.2) is 0 Å². The number of Topliss-reactive ketones (excluding diaryl/α,β-unsaturated/α-hetero) is 2. The third kappa shape index (κ3) is 3.46. The molecule has 0 radical (unpaired) electrons. The number of rotatable bonds is 3. The fourth-order valence-electron chi connectivity index (χ4n) is 1.93. The first-order chi connectivity index (χ1) is 7.00. The Morgan fingerprint density at radius 2 is 1.53 bits per heavy atom. The van der Waals surface area contributed by atoms with E-state index < -0.39 is 11.7 Å². The lowest BCUT2D eigenvalue weighted by Gasteiger charge is -2.27. The van der Waals surface area contributed by atoms with Crippen molar-refractivity contribution < 1.29 is 14.4 Å². The Labute approximate surface area is 89.4 Å². The largest absolute Gasteiger partial charge is 0.347 e. The van der Waals surface area contributed by atoms with Gasteiger partial charge in [0.2, 0.25) is 5.78 Å². The second kappa shape index (κ2) is 5.05. The smallest absolute Gasteiger partial charge is 0.287 e. The molecule has 0 aliphatic heterocycles. The Morgan fingerprint density at radius 3 is 1.93 bits per heavy atom. The van der Waals surface area contributed by atoms with Crippen LogP contribution in [0.2, 0.25) is 0 Å². The SMILES string of the molecule is CC(=O)C(=O)NC1CCC(C(C)=O)CC1. The summed E-state index contributed by atoms with van der Waals surface area (Å²) in [5.41, 5.74) is 0. The van der Waals surface area contributed by atoms with Crippen LogP contribution in [0.15, 0.2) is 0 Å². The number of ketones is 2. The van der Waals surface area contributed by atoms with E-state index in [-0.39, 0.29) is 17.7 Å². The van der Waals surface area contributed by atoms with Gasteiger partial charge in [-0.15, -0.1) is 0 Å². The van der Waals surface area contributed by atoms with E-state index in [0.29, 0.717) is 0 Å². The number of carbonyl (C=O) groups excluding carboxylic acids is 3. The van der Waals surface area contributed by atoms with Crippen molar-refractivity contribution in [3.63, 3.8) is 0 Å². The minimum absolute atomic E-state index is 0.0667. The molecule has 0 heterocycles. The Kier molecular flexibility index (Phi) is 4.00. The van der Waals surface area contributed by atoms with E-state index in [1.54, 1.807) is 6.92 Å². The molecule has 0 saturated heterocycles. The summed E-state index contributed by atoms with van der Waals surface area (Å²) in [7, 11) is 0. The van der Waals surface area contributed by atoms with Gasteiger partial charge in [0.15, 0.2) is 0 Å². The molecule has 0 bridgehead atoms. The van der Waals surface area contributed by atoms with E-state index in [2.05, 4.69) is 5.32 Å². The highest BCUT2D eigenvalue weighted by Gasteiger charge is 2.25. The molecule has 1 aliphatic carbocycles. The molecule has 1 aliphatic rings. The lowest BCUT2D eigenvalue weighted by Crippen LogP contribution is -2.41. The van der Waals surface area contributed by atoms with E-state index in [1.807, 2.05) is 0 Å². The molecule has 0 spiro atoms. The van der Waals surface area contributed by atoms with Crippen LogP contribution in [-0.2, 0) is 14.4 Å². The van der Waals surface area contributed by atoms with Gasteiger partial charge >= 0.3 is 0 Å². The van der Waals surface area contributed by atoms with Gasteiger partial charge in [0, 0.05) is 18.9 Å². The molecule has 1 amide bonds. The normalized spacial score (nSPS) is 25.7.